The molecule has 100 valence electrons. The van der Waals surface area contributed by atoms with E-state index in [0.717, 1.165) is 24.1 Å². The van der Waals surface area contributed by atoms with Crippen LogP contribution in [0.15, 0.2) is 12.1 Å². The van der Waals surface area contributed by atoms with Crippen LogP contribution in [-0.2, 0) is 12.0 Å². The second kappa shape index (κ2) is 3.45. The molecule has 3 heterocycles. The lowest BCUT2D eigenvalue weighted by Gasteiger charge is -2.47. The van der Waals surface area contributed by atoms with Crippen molar-refractivity contribution < 1.29 is 9.47 Å². The lowest BCUT2D eigenvalue weighted by molar-refractivity contribution is 0.132. The molecule has 0 aromatic heterocycles. The molecule has 19 heavy (non-hydrogen) atoms. The van der Waals surface area contributed by atoms with Crippen LogP contribution in [0.5, 0.6) is 11.5 Å². The van der Waals surface area contributed by atoms with Crippen molar-refractivity contribution >= 4 is 0 Å². The molecule has 4 aliphatic rings. The summed E-state index contributed by atoms with van der Waals surface area (Å²) in [6, 6.07) is 5.33. The molecule has 1 saturated heterocycles. The predicted molar refractivity (Wildman–Crippen MR) is 71.5 cm³/mol. The molecule has 3 heteroatoms. The molecule has 0 amide bonds. The van der Waals surface area contributed by atoms with Crippen LogP contribution in [0.2, 0.25) is 0 Å². The zero-order valence-corrected chi connectivity index (χ0v) is 11.2. The summed E-state index contributed by atoms with van der Waals surface area (Å²) in [5, 5.41) is 0. The number of nitrogens with zero attached hydrogens (tertiary/aromatic N) is 1. The quantitative estimate of drug-likeness (QED) is 0.713. The SMILES string of the molecule is c1c2c(cc3c1OCO3)[C@]13CCCCC1N(CC3)C2. The van der Waals surface area contributed by atoms with E-state index in [9.17, 15) is 0 Å². The highest BCUT2D eigenvalue weighted by Crippen LogP contribution is 2.55. The van der Waals surface area contributed by atoms with Crippen LogP contribution in [0.25, 0.3) is 0 Å². The van der Waals surface area contributed by atoms with Crippen LogP contribution in [-0.4, -0.2) is 24.3 Å². The number of benzene rings is 1. The van der Waals surface area contributed by atoms with Crippen molar-refractivity contribution in [3.05, 3.63) is 23.3 Å². The molecule has 0 spiro atoms. The Balaban J connectivity index is 1.72. The topological polar surface area (TPSA) is 21.7 Å². The fraction of sp³-hybridized carbons (Fsp3) is 0.625. The number of hydrogen-bond acceptors (Lipinski definition) is 3. The third kappa shape index (κ3) is 1.22. The molecule has 3 nitrogen and oxygen atoms in total. The number of hydrogen-bond donors (Lipinski definition) is 0. The Morgan fingerprint density at radius 2 is 2.00 bits per heavy atom. The Morgan fingerprint density at radius 3 is 2.95 bits per heavy atom. The van der Waals surface area contributed by atoms with Gasteiger partial charge in [0.25, 0.3) is 0 Å². The van der Waals surface area contributed by atoms with Gasteiger partial charge >= 0.3 is 0 Å². The molecule has 0 radical (unpaired) electrons. The van der Waals surface area contributed by atoms with Crippen LogP contribution in [0, 0.1) is 0 Å². The lowest BCUT2D eigenvalue weighted by Crippen LogP contribution is -2.48. The largest absolute Gasteiger partial charge is 0.454 e. The molecule has 3 atom stereocenters. The van der Waals surface area contributed by atoms with Crippen molar-refractivity contribution in [3.63, 3.8) is 0 Å². The van der Waals surface area contributed by atoms with E-state index in [0.29, 0.717) is 12.2 Å². The smallest absolute Gasteiger partial charge is 0.231 e. The second-order valence-electron chi connectivity index (χ2n) is 6.50. The van der Waals surface area contributed by atoms with Gasteiger partial charge in [0.15, 0.2) is 11.5 Å². The average Bonchev–Trinajstić information content (AvgIpc) is 3.00. The Bertz CT molecular complexity index is 556. The van der Waals surface area contributed by atoms with Crippen LogP contribution >= 0.6 is 0 Å². The van der Waals surface area contributed by atoms with Crippen molar-refractivity contribution in [2.45, 2.75) is 50.1 Å². The van der Waals surface area contributed by atoms with Gasteiger partial charge in [0.2, 0.25) is 6.79 Å². The molecule has 1 saturated carbocycles. The lowest BCUT2D eigenvalue weighted by atomic mass is 9.63. The first-order valence-corrected chi connectivity index (χ1v) is 7.54. The van der Waals surface area contributed by atoms with Crippen LogP contribution in [0.3, 0.4) is 0 Å². The molecule has 1 aliphatic carbocycles. The molecule has 2 unspecified atom stereocenters. The third-order valence-corrected chi connectivity index (χ3v) is 5.78. The maximum atomic E-state index is 5.61. The Labute approximate surface area is 113 Å². The van der Waals surface area contributed by atoms with Gasteiger partial charge in [0, 0.05) is 18.0 Å². The van der Waals surface area contributed by atoms with Gasteiger partial charge in [-0.2, -0.15) is 0 Å². The highest BCUT2D eigenvalue weighted by molar-refractivity contribution is 5.53. The summed E-state index contributed by atoms with van der Waals surface area (Å²) in [7, 11) is 0. The van der Waals surface area contributed by atoms with Crippen molar-refractivity contribution in [1.82, 2.24) is 4.90 Å². The zero-order valence-electron chi connectivity index (χ0n) is 11.2. The minimum atomic E-state index is 0.387. The zero-order chi connectivity index (χ0) is 12.4. The summed E-state index contributed by atoms with van der Waals surface area (Å²) >= 11 is 0. The van der Waals surface area contributed by atoms with Crippen molar-refractivity contribution in [2.24, 2.45) is 0 Å². The van der Waals surface area contributed by atoms with Crippen molar-refractivity contribution in [3.8, 4) is 11.5 Å². The van der Waals surface area contributed by atoms with Crippen molar-refractivity contribution in [2.75, 3.05) is 13.3 Å². The first-order chi connectivity index (χ1) is 9.37. The highest BCUT2D eigenvalue weighted by atomic mass is 16.7. The summed E-state index contributed by atoms with van der Waals surface area (Å²) in [5.74, 6) is 1.92. The van der Waals surface area contributed by atoms with Gasteiger partial charge < -0.3 is 9.47 Å². The first-order valence-electron chi connectivity index (χ1n) is 7.54. The maximum absolute atomic E-state index is 5.61. The van der Waals surface area contributed by atoms with Crippen LogP contribution in [0.1, 0.15) is 43.2 Å². The van der Waals surface area contributed by atoms with Crippen molar-refractivity contribution in [1.29, 1.82) is 0 Å². The first kappa shape index (κ1) is 10.6. The van der Waals surface area contributed by atoms with Crippen LogP contribution < -0.4 is 9.47 Å². The van der Waals surface area contributed by atoms with Gasteiger partial charge in [0.05, 0.1) is 0 Å². The summed E-state index contributed by atoms with van der Waals surface area (Å²) in [6.45, 7) is 2.77. The minimum absolute atomic E-state index is 0.387. The molecule has 0 N–H and O–H groups in total. The third-order valence-electron chi connectivity index (χ3n) is 5.78. The summed E-state index contributed by atoms with van der Waals surface area (Å²) in [4.78, 5) is 2.71. The average molecular weight is 257 g/mol. The molecule has 2 fully saturated rings. The van der Waals surface area contributed by atoms with Gasteiger partial charge in [-0.25, -0.2) is 0 Å². The maximum Gasteiger partial charge on any atom is 0.231 e. The molecule has 3 aliphatic heterocycles. The fourth-order valence-electron chi connectivity index (χ4n) is 4.98. The minimum Gasteiger partial charge on any atom is -0.454 e. The van der Waals surface area contributed by atoms with E-state index in [-0.39, 0.29) is 0 Å². The van der Waals surface area contributed by atoms with Gasteiger partial charge in [-0.15, -0.1) is 0 Å². The van der Waals surface area contributed by atoms with Crippen LogP contribution in [0.4, 0.5) is 0 Å². The summed E-state index contributed by atoms with van der Waals surface area (Å²) in [5.41, 5.74) is 3.49. The van der Waals surface area contributed by atoms with E-state index in [1.54, 1.807) is 5.56 Å². The van der Waals surface area contributed by atoms with Gasteiger partial charge in [-0.05, 0) is 49.1 Å². The number of fused-ring (bicyclic) bond motifs is 2. The molecular formula is C16H19NO2. The molecule has 2 bridgehead atoms. The summed E-state index contributed by atoms with van der Waals surface area (Å²) < 4.78 is 11.2. The highest BCUT2D eigenvalue weighted by Gasteiger charge is 2.53. The van der Waals surface area contributed by atoms with E-state index in [1.807, 2.05) is 0 Å². The van der Waals surface area contributed by atoms with Gasteiger partial charge in [-0.1, -0.05) is 12.8 Å². The Kier molecular flexibility index (Phi) is 1.92. The van der Waals surface area contributed by atoms with E-state index in [1.165, 1.54) is 44.2 Å². The summed E-state index contributed by atoms with van der Waals surface area (Å²) in [6.07, 6.45) is 6.88. The monoisotopic (exact) mass is 257 g/mol. The second-order valence-corrected chi connectivity index (χ2v) is 6.50. The van der Waals surface area contributed by atoms with E-state index in [2.05, 4.69) is 17.0 Å². The van der Waals surface area contributed by atoms with Gasteiger partial charge in [0.1, 0.15) is 0 Å². The molecule has 5 rings (SSSR count). The number of rotatable bonds is 0. The standard InChI is InChI=1S/C16H19NO2/c1-2-4-16-5-6-17(15(16)3-1)9-11-7-13-14(8-12(11)16)19-10-18-13/h7-8,15H,1-6,9-10H2/t15?,16-/m1/s1. The molecule has 1 aromatic carbocycles. The number of ether oxygens (including phenoxy) is 2. The Morgan fingerprint density at radius 1 is 1.11 bits per heavy atom. The van der Waals surface area contributed by atoms with E-state index in [4.69, 9.17) is 9.47 Å². The van der Waals surface area contributed by atoms with Gasteiger partial charge in [-0.3, -0.25) is 4.90 Å². The fourth-order valence-corrected chi connectivity index (χ4v) is 4.98. The Hall–Kier alpha value is -1.22. The normalized spacial score (nSPS) is 37.9. The molecule has 1 aromatic rings. The van der Waals surface area contributed by atoms with E-state index >= 15 is 0 Å². The molecular weight excluding hydrogens is 238 g/mol. The predicted octanol–water partition coefficient (Wildman–Crippen LogP) is 2.82. The van der Waals surface area contributed by atoms with E-state index < -0.39 is 0 Å².